The molecule has 2 aromatic heterocycles. The number of nitrogens with zero attached hydrogens (tertiary/aromatic N) is 2. The Morgan fingerprint density at radius 1 is 1.17 bits per heavy atom. The molecule has 4 aromatic rings. The van der Waals surface area contributed by atoms with Crippen LogP contribution in [0.5, 0.6) is 5.75 Å². The molecule has 24 heavy (non-hydrogen) atoms. The van der Waals surface area contributed by atoms with Gasteiger partial charge in [0.25, 0.3) is 0 Å². The van der Waals surface area contributed by atoms with E-state index in [4.69, 9.17) is 20.8 Å². The number of ether oxygens (including phenoxy) is 1. The molecule has 0 N–H and O–H groups in total. The Labute approximate surface area is 142 Å². The van der Waals surface area contributed by atoms with E-state index in [1.807, 2.05) is 41.9 Å². The molecule has 0 unspecified atom stereocenters. The van der Waals surface area contributed by atoms with Crippen molar-refractivity contribution in [1.82, 2.24) is 9.55 Å². The van der Waals surface area contributed by atoms with Crippen molar-refractivity contribution in [3.8, 4) is 5.75 Å². The molecule has 0 atom stereocenters. The Bertz CT molecular complexity index is 1110. The van der Waals surface area contributed by atoms with Crippen LogP contribution in [0.3, 0.4) is 0 Å². The van der Waals surface area contributed by atoms with E-state index in [0.29, 0.717) is 23.0 Å². The van der Waals surface area contributed by atoms with Crippen LogP contribution in [0, 0.1) is 0 Å². The first-order valence-corrected chi connectivity index (χ1v) is 7.75. The third kappa shape index (κ3) is 2.63. The fourth-order valence-electron chi connectivity index (χ4n) is 2.63. The van der Waals surface area contributed by atoms with E-state index < -0.39 is 0 Å². The van der Waals surface area contributed by atoms with Crippen LogP contribution in [0.2, 0.25) is 5.02 Å². The topological polar surface area (TPSA) is 57.3 Å². The highest BCUT2D eigenvalue weighted by Crippen LogP contribution is 2.22. The molecule has 0 radical (unpaired) electrons. The van der Waals surface area contributed by atoms with Crippen molar-refractivity contribution in [2.45, 2.75) is 6.61 Å². The van der Waals surface area contributed by atoms with Crippen LogP contribution in [-0.2, 0) is 13.7 Å². The zero-order chi connectivity index (χ0) is 16.7. The predicted octanol–water partition coefficient (Wildman–Crippen LogP) is 3.91. The van der Waals surface area contributed by atoms with Gasteiger partial charge in [-0.25, -0.2) is 9.78 Å². The Morgan fingerprint density at radius 2 is 2.00 bits per heavy atom. The number of aryl methyl sites for hydroxylation is 1. The number of hydrogen-bond acceptors (Lipinski definition) is 4. The monoisotopic (exact) mass is 340 g/mol. The van der Waals surface area contributed by atoms with Gasteiger partial charge in [-0.3, -0.25) is 0 Å². The molecule has 0 fully saturated rings. The summed E-state index contributed by atoms with van der Waals surface area (Å²) in [6.07, 6.45) is 0. The van der Waals surface area contributed by atoms with E-state index in [2.05, 4.69) is 4.98 Å². The molecule has 120 valence electrons. The van der Waals surface area contributed by atoms with Gasteiger partial charge in [-0.05, 0) is 36.4 Å². The molecule has 0 aliphatic rings. The van der Waals surface area contributed by atoms with E-state index in [1.54, 1.807) is 12.1 Å². The highest BCUT2D eigenvalue weighted by atomic mass is 35.5. The van der Waals surface area contributed by atoms with Crippen molar-refractivity contribution in [3.05, 3.63) is 69.8 Å². The predicted molar refractivity (Wildman–Crippen MR) is 92.5 cm³/mol. The molecule has 4 rings (SSSR count). The summed E-state index contributed by atoms with van der Waals surface area (Å²) in [5, 5.41) is 1.50. The smallest absolute Gasteiger partial charge is 0.336 e. The van der Waals surface area contributed by atoms with Crippen molar-refractivity contribution in [2.75, 3.05) is 0 Å². The first-order chi connectivity index (χ1) is 11.6. The van der Waals surface area contributed by atoms with Crippen molar-refractivity contribution in [2.24, 2.45) is 7.05 Å². The molecular formula is C18H13ClN2O3. The molecule has 2 heterocycles. The van der Waals surface area contributed by atoms with Crippen molar-refractivity contribution in [3.63, 3.8) is 0 Å². The molecule has 0 aliphatic carbocycles. The van der Waals surface area contributed by atoms with Gasteiger partial charge in [0.05, 0.1) is 11.0 Å². The van der Waals surface area contributed by atoms with E-state index in [-0.39, 0.29) is 5.63 Å². The Balaban J connectivity index is 1.62. The fourth-order valence-corrected chi connectivity index (χ4v) is 2.80. The molecule has 0 spiro atoms. The van der Waals surface area contributed by atoms with Crippen LogP contribution < -0.4 is 10.4 Å². The molecule has 0 bridgehead atoms. The van der Waals surface area contributed by atoms with Gasteiger partial charge in [0.15, 0.2) is 0 Å². The number of rotatable bonds is 3. The van der Waals surface area contributed by atoms with Crippen LogP contribution in [0.15, 0.2) is 57.7 Å². The maximum atomic E-state index is 11.3. The summed E-state index contributed by atoms with van der Waals surface area (Å²) in [4.78, 5) is 15.9. The highest BCUT2D eigenvalue weighted by Gasteiger charge is 2.09. The Morgan fingerprint density at radius 3 is 2.88 bits per heavy atom. The third-order valence-electron chi connectivity index (χ3n) is 3.90. The summed E-state index contributed by atoms with van der Waals surface area (Å²) >= 11 is 6.01. The van der Waals surface area contributed by atoms with Gasteiger partial charge in [-0.2, -0.15) is 0 Å². The number of hydrogen-bond donors (Lipinski definition) is 0. The molecule has 2 aromatic carbocycles. The second-order valence-electron chi connectivity index (χ2n) is 5.46. The number of halogens is 1. The van der Waals surface area contributed by atoms with Crippen LogP contribution in [-0.4, -0.2) is 9.55 Å². The maximum Gasteiger partial charge on any atom is 0.336 e. The van der Waals surface area contributed by atoms with Crippen LogP contribution in [0.1, 0.15) is 5.82 Å². The average Bonchev–Trinajstić information content (AvgIpc) is 2.87. The van der Waals surface area contributed by atoms with Gasteiger partial charge >= 0.3 is 5.63 Å². The summed E-state index contributed by atoms with van der Waals surface area (Å²) < 4.78 is 12.9. The molecule has 0 amide bonds. The Kier molecular flexibility index (Phi) is 3.50. The van der Waals surface area contributed by atoms with E-state index >= 15 is 0 Å². The van der Waals surface area contributed by atoms with Gasteiger partial charge in [0, 0.05) is 29.6 Å². The van der Waals surface area contributed by atoms with Gasteiger partial charge in [-0.15, -0.1) is 0 Å². The maximum absolute atomic E-state index is 11.3. The highest BCUT2D eigenvalue weighted by molar-refractivity contribution is 6.31. The number of aromatic nitrogens is 2. The molecule has 0 aliphatic heterocycles. The number of fused-ring (bicyclic) bond motifs is 2. The first kappa shape index (κ1) is 14.8. The number of benzene rings is 2. The van der Waals surface area contributed by atoms with Crippen molar-refractivity contribution >= 4 is 33.6 Å². The van der Waals surface area contributed by atoms with Gasteiger partial charge in [-0.1, -0.05) is 11.6 Å². The van der Waals surface area contributed by atoms with Crippen LogP contribution >= 0.6 is 11.6 Å². The number of imidazole rings is 1. The summed E-state index contributed by atoms with van der Waals surface area (Å²) in [7, 11) is 1.93. The zero-order valence-corrected chi connectivity index (χ0v) is 13.6. The van der Waals surface area contributed by atoms with Gasteiger partial charge in [0.2, 0.25) is 0 Å². The Hall–Kier alpha value is -2.79. The minimum atomic E-state index is -0.383. The summed E-state index contributed by atoms with van der Waals surface area (Å²) in [6, 6.07) is 14.1. The second kappa shape index (κ2) is 5.69. The lowest BCUT2D eigenvalue weighted by Crippen LogP contribution is -2.03. The molecule has 0 saturated heterocycles. The van der Waals surface area contributed by atoms with Crippen molar-refractivity contribution in [1.29, 1.82) is 0 Å². The normalized spacial score (nSPS) is 11.2. The first-order valence-electron chi connectivity index (χ1n) is 7.38. The van der Waals surface area contributed by atoms with Gasteiger partial charge < -0.3 is 13.7 Å². The van der Waals surface area contributed by atoms with E-state index in [0.717, 1.165) is 22.2 Å². The van der Waals surface area contributed by atoms with Crippen molar-refractivity contribution < 1.29 is 9.15 Å². The lowest BCUT2D eigenvalue weighted by atomic mass is 10.2. The summed E-state index contributed by atoms with van der Waals surface area (Å²) in [5.74, 6) is 1.39. The third-order valence-corrected chi connectivity index (χ3v) is 4.13. The lowest BCUT2D eigenvalue weighted by Gasteiger charge is -2.07. The molecule has 5 nitrogen and oxygen atoms in total. The second-order valence-corrected chi connectivity index (χ2v) is 5.90. The molecular weight excluding hydrogens is 328 g/mol. The SMILES string of the molecule is Cn1c(COc2ccc3ccc(=O)oc3c2)nc2cc(Cl)ccc21. The standard InChI is InChI=1S/C18H13ClN2O3/c1-21-15-6-4-12(19)8-14(15)20-17(21)10-23-13-5-2-11-3-7-18(22)24-16(11)9-13/h2-9H,10H2,1H3. The average molecular weight is 341 g/mol. The fraction of sp³-hybridized carbons (Fsp3) is 0.111. The largest absolute Gasteiger partial charge is 0.486 e. The van der Waals surface area contributed by atoms with Gasteiger partial charge in [0.1, 0.15) is 23.8 Å². The quantitative estimate of drug-likeness (QED) is 0.530. The minimum Gasteiger partial charge on any atom is -0.486 e. The summed E-state index contributed by atoms with van der Waals surface area (Å²) in [6.45, 7) is 0.297. The van der Waals surface area contributed by atoms with E-state index in [9.17, 15) is 4.79 Å². The lowest BCUT2D eigenvalue weighted by molar-refractivity contribution is 0.292. The molecule has 0 saturated carbocycles. The van der Waals surface area contributed by atoms with Crippen LogP contribution in [0.4, 0.5) is 0 Å². The minimum absolute atomic E-state index is 0.297. The zero-order valence-electron chi connectivity index (χ0n) is 12.8. The summed E-state index contributed by atoms with van der Waals surface area (Å²) in [5.41, 5.74) is 1.93. The van der Waals surface area contributed by atoms with E-state index in [1.165, 1.54) is 6.07 Å². The van der Waals surface area contributed by atoms with Crippen LogP contribution in [0.25, 0.3) is 22.0 Å². The molecule has 6 heteroatoms.